The third kappa shape index (κ3) is 3.29. The highest BCUT2D eigenvalue weighted by molar-refractivity contribution is 7.14. The summed E-state index contributed by atoms with van der Waals surface area (Å²) in [5.74, 6) is -0.216. The monoisotopic (exact) mass is 348 g/mol. The molecule has 0 saturated carbocycles. The molecule has 0 aliphatic carbocycles. The van der Waals surface area contributed by atoms with Gasteiger partial charge in [-0.2, -0.15) is 5.10 Å². The molecule has 4 rings (SSSR count). The lowest BCUT2D eigenvalue weighted by Gasteiger charge is -2.04. The van der Waals surface area contributed by atoms with Crippen LogP contribution in [0.15, 0.2) is 66.7 Å². The predicted molar refractivity (Wildman–Crippen MR) is 94.7 cm³/mol. The first-order valence-electron chi connectivity index (χ1n) is 7.43. The molecule has 0 aliphatic heterocycles. The van der Waals surface area contributed by atoms with E-state index in [0.717, 1.165) is 17.1 Å². The van der Waals surface area contributed by atoms with Crippen molar-refractivity contribution in [3.8, 4) is 17.1 Å². The Labute approximate surface area is 147 Å². The van der Waals surface area contributed by atoms with Crippen molar-refractivity contribution in [1.82, 2.24) is 24.7 Å². The Morgan fingerprint density at radius 3 is 2.68 bits per heavy atom. The summed E-state index contributed by atoms with van der Waals surface area (Å²) in [6.07, 6.45) is 4.77. The maximum Gasteiger partial charge on any atom is 0.257 e. The van der Waals surface area contributed by atoms with E-state index in [1.807, 2.05) is 35.7 Å². The fourth-order valence-electron chi connectivity index (χ4n) is 2.24. The number of aromatic nitrogens is 5. The van der Waals surface area contributed by atoms with Crippen LogP contribution in [0.2, 0.25) is 0 Å². The molecule has 0 bridgehead atoms. The molecule has 0 atom stereocenters. The van der Waals surface area contributed by atoms with Crippen molar-refractivity contribution < 1.29 is 4.79 Å². The highest BCUT2D eigenvalue weighted by Crippen LogP contribution is 2.23. The zero-order chi connectivity index (χ0) is 17.1. The number of carbonyl (C=O) groups excluding carboxylic acids is 1. The second-order valence-electron chi connectivity index (χ2n) is 5.09. The molecule has 8 heteroatoms. The highest BCUT2D eigenvalue weighted by atomic mass is 32.1. The van der Waals surface area contributed by atoms with Gasteiger partial charge in [-0.3, -0.25) is 15.1 Å². The summed E-state index contributed by atoms with van der Waals surface area (Å²) in [4.78, 5) is 24.9. The summed E-state index contributed by atoms with van der Waals surface area (Å²) in [6.45, 7) is 0. The molecule has 0 fully saturated rings. The maximum absolute atomic E-state index is 12.4. The first kappa shape index (κ1) is 15.2. The number of anilines is 1. The van der Waals surface area contributed by atoms with Crippen LogP contribution in [-0.2, 0) is 0 Å². The van der Waals surface area contributed by atoms with Gasteiger partial charge in [0.1, 0.15) is 18.3 Å². The molecular weight excluding hydrogens is 336 g/mol. The molecule has 0 spiro atoms. The van der Waals surface area contributed by atoms with Gasteiger partial charge in [0.2, 0.25) is 0 Å². The molecule has 1 aromatic carbocycles. The van der Waals surface area contributed by atoms with Crippen molar-refractivity contribution in [2.24, 2.45) is 0 Å². The number of hydrogen-bond donors (Lipinski definition) is 1. The molecule has 122 valence electrons. The molecular formula is C17H12N6OS. The molecule has 0 radical (unpaired) electrons. The third-order valence-corrected chi connectivity index (χ3v) is 4.22. The number of hydrogen-bond acceptors (Lipinski definition) is 6. The fraction of sp³-hybridized carbons (Fsp3) is 0. The van der Waals surface area contributed by atoms with Gasteiger partial charge >= 0.3 is 0 Å². The number of pyridine rings is 1. The van der Waals surface area contributed by atoms with Crippen LogP contribution < -0.4 is 5.32 Å². The molecule has 3 aromatic heterocycles. The Balaban J connectivity index is 1.48. The van der Waals surface area contributed by atoms with Crippen molar-refractivity contribution in [3.05, 3.63) is 72.3 Å². The summed E-state index contributed by atoms with van der Waals surface area (Å²) in [5, 5.41) is 9.26. The zero-order valence-electron chi connectivity index (χ0n) is 12.9. The standard InChI is InChI=1S/C17H12N6OS/c24-16(12-4-6-13(7-5-12)23-11-18-10-20-23)22-17-21-15(9-25-17)14-3-1-2-8-19-14/h1-11H,(H,21,22,24). The molecule has 1 amide bonds. The molecule has 1 N–H and O–H groups in total. The third-order valence-electron chi connectivity index (χ3n) is 3.46. The smallest absolute Gasteiger partial charge is 0.257 e. The minimum Gasteiger partial charge on any atom is -0.298 e. The van der Waals surface area contributed by atoms with Crippen LogP contribution in [0.4, 0.5) is 5.13 Å². The van der Waals surface area contributed by atoms with Crippen LogP contribution >= 0.6 is 11.3 Å². The van der Waals surface area contributed by atoms with E-state index in [-0.39, 0.29) is 5.91 Å². The fourth-order valence-corrected chi connectivity index (χ4v) is 2.94. The van der Waals surface area contributed by atoms with E-state index < -0.39 is 0 Å². The number of benzene rings is 1. The molecule has 0 saturated heterocycles. The van der Waals surface area contributed by atoms with Gasteiger partial charge in [0, 0.05) is 17.1 Å². The average molecular weight is 348 g/mol. The average Bonchev–Trinajstić information content (AvgIpc) is 3.35. The number of nitrogens with one attached hydrogen (secondary N) is 1. The topological polar surface area (TPSA) is 85.6 Å². The van der Waals surface area contributed by atoms with Crippen molar-refractivity contribution in [2.75, 3.05) is 5.32 Å². The quantitative estimate of drug-likeness (QED) is 0.613. The number of carbonyl (C=O) groups is 1. The largest absolute Gasteiger partial charge is 0.298 e. The first-order valence-corrected chi connectivity index (χ1v) is 8.31. The number of amides is 1. The van der Waals surface area contributed by atoms with E-state index in [1.165, 1.54) is 17.7 Å². The van der Waals surface area contributed by atoms with E-state index in [9.17, 15) is 4.79 Å². The van der Waals surface area contributed by atoms with Gasteiger partial charge in [0.15, 0.2) is 5.13 Å². The lowest BCUT2D eigenvalue weighted by Crippen LogP contribution is -2.11. The van der Waals surface area contributed by atoms with E-state index >= 15 is 0 Å². The van der Waals surface area contributed by atoms with Crippen LogP contribution in [-0.4, -0.2) is 30.6 Å². The van der Waals surface area contributed by atoms with Crippen molar-refractivity contribution >= 4 is 22.4 Å². The molecule has 0 aliphatic rings. The molecule has 7 nitrogen and oxygen atoms in total. The van der Waals surface area contributed by atoms with Crippen LogP contribution in [0.1, 0.15) is 10.4 Å². The Morgan fingerprint density at radius 2 is 1.96 bits per heavy atom. The summed E-state index contributed by atoms with van der Waals surface area (Å²) in [7, 11) is 0. The minimum atomic E-state index is -0.216. The number of nitrogens with zero attached hydrogens (tertiary/aromatic N) is 5. The molecule has 0 unspecified atom stereocenters. The number of thiazole rings is 1. The number of rotatable bonds is 4. The normalized spacial score (nSPS) is 10.6. The van der Waals surface area contributed by atoms with E-state index in [1.54, 1.807) is 29.3 Å². The van der Waals surface area contributed by atoms with Crippen molar-refractivity contribution in [1.29, 1.82) is 0 Å². The minimum absolute atomic E-state index is 0.216. The highest BCUT2D eigenvalue weighted by Gasteiger charge is 2.10. The Morgan fingerprint density at radius 1 is 1.08 bits per heavy atom. The summed E-state index contributed by atoms with van der Waals surface area (Å²) < 4.78 is 1.63. The summed E-state index contributed by atoms with van der Waals surface area (Å²) in [5.41, 5.74) is 2.89. The van der Waals surface area contributed by atoms with Gasteiger partial charge in [-0.25, -0.2) is 14.6 Å². The van der Waals surface area contributed by atoms with Crippen LogP contribution in [0.25, 0.3) is 17.1 Å². The van der Waals surface area contributed by atoms with Crippen LogP contribution in [0, 0.1) is 0 Å². The zero-order valence-corrected chi connectivity index (χ0v) is 13.7. The van der Waals surface area contributed by atoms with E-state index in [0.29, 0.717) is 10.7 Å². The van der Waals surface area contributed by atoms with Crippen molar-refractivity contribution in [3.63, 3.8) is 0 Å². The van der Waals surface area contributed by atoms with Gasteiger partial charge in [-0.05, 0) is 36.4 Å². The van der Waals surface area contributed by atoms with E-state index in [4.69, 9.17) is 0 Å². The maximum atomic E-state index is 12.4. The second kappa shape index (κ2) is 6.62. The lowest BCUT2D eigenvalue weighted by atomic mass is 10.2. The Hall–Kier alpha value is -3.39. The second-order valence-corrected chi connectivity index (χ2v) is 5.95. The van der Waals surface area contributed by atoms with Gasteiger partial charge in [-0.15, -0.1) is 11.3 Å². The van der Waals surface area contributed by atoms with Crippen molar-refractivity contribution in [2.45, 2.75) is 0 Å². The van der Waals surface area contributed by atoms with Gasteiger partial charge in [0.25, 0.3) is 5.91 Å². The molecule has 4 aromatic rings. The Kier molecular flexibility index (Phi) is 4.01. The van der Waals surface area contributed by atoms with E-state index in [2.05, 4.69) is 25.4 Å². The first-order chi connectivity index (χ1) is 12.3. The predicted octanol–water partition coefficient (Wildman–Crippen LogP) is 3.04. The molecule has 25 heavy (non-hydrogen) atoms. The lowest BCUT2D eigenvalue weighted by molar-refractivity contribution is 0.102. The van der Waals surface area contributed by atoms with Gasteiger partial charge in [-0.1, -0.05) is 6.07 Å². The van der Waals surface area contributed by atoms with Gasteiger partial charge < -0.3 is 0 Å². The van der Waals surface area contributed by atoms with Gasteiger partial charge in [0.05, 0.1) is 11.4 Å². The summed E-state index contributed by atoms with van der Waals surface area (Å²) in [6, 6.07) is 12.7. The van der Waals surface area contributed by atoms with Crippen LogP contribution in [0.3, 0.4) is 0 Å². The Bertz CT molecular complexity index is 980. The summed E-state index contributed by atoms with van der Waals surface area (Å²) >= 11 is 1.36. The SMILES string of the molecule is O=C(Nc1nc(-c2ccccn2)cs1)c1ccc(-n2cncn2)cc1. The van der Waals surface area contributed by atoms with Crippen LogP contribution in [0.5, 0.6) is 0 Å². The molecule has 3 heterocycles.